The molecule has 1 fully saturated rings. The Morgan fingerprint density at radius 2 is 1.64 bits per heavy atom. The van der Waals surface area contributed by atoms with Gasteiger partial charge in [0.2, 0.25) is 0 Å². The average molecular weight is 373 g/mol. The molecule has 0 aliphatic heterocycles. The van der Waals surface area contributed by atoms with Gasteiger partial charge in [-0.25, -0.2) is 0 Å². The van der Waals surface area contributed by atoms with Crippen molar-refractivity contribution in [3.05, 3.63) is 64.7 Å². The first-order chi connectivity index (χ1) is 12.2. The van der Waals surface area contributed by atoms with Gasteiger partial charge in [0.1, 0.15) is 0 Å². The minimum absolute atomic E-state index is 0.191. The van der Waals surface area contributed by atoms with E-state index in [1.54, 1.807) is 0 Å². The third kappa shape index (κ3) is 5.12. The van der Waals surface area contributed by atoms with Crippen molar-refractivity contribution in [1.29, 1.82) is 0 Å². The Morgan fingerprint density at radius 1 is 1.00 bits per heavy atom. The van der Waals surface area contributed by atoms with Crippen molar-refractivity contribution < 1.29 is 4.79 Å². The van der Waals surface area contributed by atoms with Gasteiger partial charge in [-0.3, -0.25) is 4.79 Å². The van der Waals surface area contributed by atoms with Gasteiger partial charge in [0, 0.05) is 15.8 Å². The maximum Gasteiger partial charge on any atom is 0.196 e. The zero-order valence-corrected chi connectivity index (χ0v) is 16.3. The summed E-state index contributed by atoms with van der Waals surface area (Å²) >= 11 is 7.27. The Morgan fingerprint density at radius 3 is 2.24 bits per heavy atom. The summed E-state index contributed by atoms with van der Waals surface area (Å²) < 4.78 is 0. The molecule has 0 unspecified atom stereocenters. The minimum atomic E-state index is 0.191. The molecule has 0 amide bonds. The van der Waals surface area contributed by atoms with Crippen LogP contribution in [0, 0.1) is 5.92 Å². The van der Waals surface area contributed by atoms with Crippen LogP contribution in [-0.4, -0.2) is 5.12 Å². The molecular formula is C22H25ClOS. The molecule has 3 heteroatoms. The molecule has 132 valence electrons. The zero-order valence-electron chi connectivity index (χ0n) is 14.7. The summed E-state index contributed by atoms with van der Waals surface area (Å²) in [4.78, 5) is 13.5. The monoisotopic (exact) mass is 372 g/mol. The van der Waals surface area contributed by atoms with Crippen LogP contribution in [0.25, 0.3) is 0 Å². The lowest BCUT2D eigenvalue weighted by molar-refractivity contribution is -0.115. The van der Waals surface area contributed by atoms with Crippen LogP contribution in [0.15, 0.2) is 53.4 Å². The molecule has 0 spiro atoms. The molecule has 1 aliphatic carbocycles. The van der Waals surface area contributed by atoms with Gasteiger partial charge in [0.15, 0.2) is 5.12 Å². The van der Waals surface area contributed by atoms with Crippen molar-refractivity contribution in [2.45, 2.75) is 56.3 Å². The number of thioether (sulfide) groups is 1. The molecule has 3 rings (SSSR count). The lowest BCUT2D eigenvalue weighted by Gasteiger charge is -2.27. The van der Waals surface area contributed by atoms with Gasteiger partial charge in [0.05, 0.1) is 0 Å². The van der Waals surface area contributed by atoms with E-state index in [9.17, 15) is 4.79 Å². The smallest absolute Gasteiger partial charge is 0.196 e. The van der Waals surface area contributed by atoms with Crippen LogP contribution in [0.4, 0.5) is 0 Å². The molecule has 0 N–H and O–H groups in total. The van der Waals surface area contributed by atoms with Crippen molar-refractivity contribution in [2.24, 2.45) is 5.92 Å². The lowest BCUT2D eigenvalue weighted by Crippen LogP contribution is -2.19. The molecule has 25 heavy (non-hydrogen) atoms. The summed E-state index contributed by atoms with van der Waals surface area (Å²) in [5.74, 6) is 0.802. The normalized spacial score (nSPS) is 20.4. The van der Waals surface area contributed by atoms with Crippen LogP contribution in [0.2, 0.25) is 5.02 Å². The number of halogens is 1. The molecule has 0 saturated heterocycles. The van der Waals surface area contributed by atoms with E-state index in [1.165, 1.54) is 29.3 Å². The fourth-order valence-electron chi connectivity index (χ4n) is 3.61. The maximum absolute atomic E-state index is 12.5. The van der Waals surface area contributed by atoms with Gasteiger partial charge >= 0.3 is 0 Å². The highest BCUT2D eigenvalue weighted by Gasteiger charge is 2.27. The molecule has 0 aromatic heterocycles. The van der Waals surface area contributed by atoms with E-state index >= 15 is 0 Å². The van der Waals surface area contributed by atoms with Crippen molar-refractivity contribution in [1.82, 2.24) is 0 Å². The summed E-state index contributed by atoms with van der Waals surface area (Å²) in [5, 5.41) is 1.02. The quantitative estimate of drug-likeness (QED) is 0.532. The molecule has 0 heterocycles. The fraction of sp³-hybridized carbons (Fsp3) is 0.409. The Balaban J connectivity index is 1.52. The summed E-state index contributed by atoms with van der Waals surface area (Å²) in [6.45, 7) is 2.22. The molecular weight excluding hydrogens is 348 g/mol. The van der Waals surface area contributed by atoms with E-state index in [0.717, 1.165) is 37.0 Å². The van der Waals surface area contributed by atoms with Crippen LogP contribution >= 0.6 is 23.4 Å². The molecule has 2 aromatic rings. The third-order valence-corrected chi connectivity index (χ3v) is 6.38. The Labute approximate surface area is 160 Å². The van der Waals surface area contributed by atoms with E-state index in [4.69, 9.17) is 11.6 Å². The van der Waals surface area contributed by atoms with E-state index < -0.39 is 0 Å². The van der Waals surface area contributed by atoms with Gasteiger partial charge in [-0.1, -0.05) is 61.0 Å². The second kappa shape index (κ2) is 8.91. The standard InChI is InChI=1S/C22H25ClOS/c1-2-3-16-4-6-17(7-5-16)18-8-10-19(11-9-18)22(24)25-21-14-12-20(23)13-15-21/h4-7,12-15,18-19H,2-3,8-11H2,1H3/t18-,19-. The van der Waals surface area contributed by atoms with E-state index in [1.807, 2.05) is 24.3 Å². The second-order valence-corrected chi connectivity index (χ2v) is 8.43. The molecule has 0 bridgehead atoms. The first kappa shape index (κ1) is 18.5. The summed E-state index contributed by atoms with van der Waals surface area (Å²) in [6, 6.07) is 16.7. The first-order valence-electron chi connectivity index (χ1n) is 9.22. The van der Waals surface area contributed by atoms with E-state index in [0.29, 0.717) is 16.1 Å². The highest BCUT2D eigenvalue weighted by Crippen LogP contribution is 2.38. The number of benzene rings is 2. The third-order valence-electron chi connectivity index (χ3n) is 5.08. The van der Waals surface area contributed by atoms with Gasteiger partial charge in [0.25, 0.3) is 0 Å². The van der Waals surface area contributed by atoms with Crippen LogP contribution in [0.1, 0.15) is 56.1 Å². The van der Waals surface area contributed by atoms with E-state index in [2.05, 4.69) is 31.2 Å². The highest BCUT2D eigenvalue weighted by molar-refractivity contribution is 8.13. The Kier molecular flexibility index (Phi) is 6.61. The summed E-state index contributed by atoms with van der Waals surface area (Å²) in [6.07, 6.45) is 6.58. The van der Waals surface area contributed by atoms with Crippen molar-refractivity contribution in [3.63, 3.8) is 0 Å². The van der Waals surface area contributed by atoms with Gasteiger partial charge < -0.3 is 0 Å². The zero-order chi connectivity index (χ0) is 17.6. The van der Waals surface area contributed by atoms with Crippen molar-refractivity contribution >= 4 is 28.5 Å². The molecule has 0 atom stereocenters. The number of hydrogen-bond donors (Lipinski definition) is 0. The SMILES string of the molecule is CCCc1ccc([C@H]2CC[C@H](C(=O)Sc3ccc(Cl)cc3)CC2)cc1. The largest absolute Gasteiger partial charge is 0.287 e. The van der Waals surface area contributed by atoms with Gasteiger partial charge in [-0.05, 0) is 73.4 Å². The first-order valence-corrected chi connectivity index (χ1v) is 10.4. The highest BCUT2D eigenvalue weighted by atomic mass is 35.5. The number of carbonyl (C=O) groups excluding carboxylic acids is 1. The van der Waals surface area contributed by atoms with E-state index in [-0.39, 0.29) is 5.92 Å². The predicted octanol–water partition coefficient (Wildman–Crippen LogP) is 6.89. The second-order valence-electron chi connectivity index (χ2n) is 6.92. The van der Waals surface area contributed by atoms with Gasteiger partial charge in [-0.15, -0.1) is 0 Å². The minimum Gasteiger partial charge on any atom is -0.287 e. The maximum atomic E-state index is 12.5. The van der Waals surface area contributed by atoms with Gasteiger partial charge in [-0.2, -0.15) is 0 Å². The Hall–Kier alpha value is -1.25. The summed E-state index contributed by atoms with van der Waals surface area (Å²) in [7, 11) is 0. The molecule has 1 aliphatic rings. The van der Waals surface area contributed by atoms with Crippen molar-refractivity contribution in [2.75, 3.05) is 0 Å². The topological polar surface area (TPSA) is 17.1 Å². The van der Waals surface area contributed by atoms with Crippen LogP contribution in [0.3, 0.4) is 0 Å². The molecule has 1 nitrogen and oxygen atoms in total. The average Bonchev–Trinajstić information content (AvgIpc) is 2.65. The number of aryl methyl sites for hydroxylation is 1. The predicted molar refractivity (Wildman–Crippen MR) is 107 cm³/mol. The van der Waals surface area contributed by atoms with Crippen LogP contribution < -0.4 is 0 Å². The Bertz CT molecular complexity index is 685. The number of carbonyl (C=O) groups is 1. The van der Waals surface area contributed by atoms with Crippen LogP contribution in [-0.2, 0) is 11.2 Å². The fourth-order valence-corrected chi connectivity index (χ4v) is 4.64. The lowest BCUT2D eigenvalue weighted by atomic mass is 9.79. The van der Waals surface area contributed by atoms with Crippen molar-refractivity contribution in [3.8, 4) is 0 Å². The molecule has 2 aromatic carbocycles. The molecule has 1 saturated carbocycles. The van der Waals surface area contributed by atoms with Crippen LogP contribution in [0.5, 0.6) is 0 Å². The number of rotatable bonds is 5. The number of hydrogen-bond acceptors (Lipinski definition) is 2. The summed E-state index contributed by atoms with van der Waals surface area (Å²) in [5.41, 5.74) is 2.87. The molecule has 0 radical (unpaired) electrons.